The third kappa shape index (κ3) is 2.89. The summed E-state index contributed by atoms with van der Waals surface area (Å²) in [6.07, 6.45) is 5.06. The average molecular weight is 431 g/mol. The summed E-state index contributed by atoms with van der Waals surface area (Å²) in [4.78, 5) is 23.4. The molecule has 0 spiro atoms. The van der Waals surface area contributed by atoms with E-state index in [1.165, 1.54) is 6.20 Å². The number of hydrogen-bond donors (Lipinski definition) is 0. The molecule has 0 aliphatic carbocycles. The Morgan fingerprint density at radius 3 is 2.50 bits per heavy atom. The first-order chi connectivity index (χ1) is 15.3. The van der Waals surface area contributed by atoms with Gasteiger partial charge in [-0.3, -0.25) is 18.8 Å². The van der Waals surface area contributed by atoms with Crippen molar-refractivity contribution in [1.82, 2.24) is 28.9 Å². The van der Waals surface area contributed by atoms with Gasteiger partial charge in [0, 0.05) is 51.5 Å². The number of halogens is 1. The lowest BCUT2D eigenvalue weighted by molar-refractivity contribution is 0.583. The van der Waals surface area contributed by atoms with E-state index < -0.39 is 5.95 Å². The molecular weight excluding hydrogens is 409 g/mol. The molecule has 162 valence electrons. The topological polar surface area (TPSA) is 73.8 Å². The van der Waals surface area contributed by atoms with Gasteiger partial charge in [-0.05, 0) is 30.7 Å². The molecule has 5 aromatic rings. The van der Waals surface area contributed by atoms with Gasteiger partial charge in [0.1, 0.15) is 0 Å². The zero-order valence-corrected chi connectivity index (χ0v) is 18.5. The quantitative estimate of drug-likeness (QED) is 0.410. The molecule has 0 N–H and O–H groups in total. The molecule has 0 aliphatic rings. The Kier molecular flexibility index (Phi) is 4.37. The summed E-state index contributed by atoms with van der Waals surface area (Å²) >= 11 is 0. The second-order valence-electron chi connectivity index (χ2n) is 8.10. The highest BCUT2D eigenvalue weighted by Crippen LogP contribution is 2.31. The second-order valence-corrected chi connectivity index (χ2v) is 8.10. The predicted molar refractivity (Wildman–Crippen MR) is 123 cm³/mol. The van der Waals surface area contributed by atoms with Crippen LogP contribution in [-0.2, 0) is 14.1 Å². The molecule has 0 saturated heterocycles. The van der Waals surface area contributed by atoms with Gasteiger partial charge in [0.05, 0.1) is 39.8 Å². The highest BCUT2D eigenvalue weighted by molar-refractivity contribution is 6.04. The van der Waals surface area contributed by atoms with Crippen molar-refractivity contribution >= 4 is 27.6 Å². The van der Waals surface area contributed by atoms with Crippen LogP contribution in [0.4, 0.5) is 10.1 Å². The van der Waals surface area contributed by atoms with Crippen molar-refractivity contribution in [3.8, 4) is 16.8 Å². The Morgan fingerprint density at radius 1 is 1.03 bits per heavy atom. The van der Waals surface area contributed by atoms with E-state index in [0.29, 0.717) is 11.2 Å². The van der Waals surface area contributed by atoms with Crippen molar-refractivity contribution in [1.29, 1.82) is 0 Å². The number of imidazole rings is 1. The summed E-state index contributed by atoms with van der Waals surface area (Å²) in [6, 6.07) is 7.57. The van der Waals surface area contributed by atoms with Crippen LogP contribution in [0.3, 0.4) is 0 Å². The molecule has 0 atom stereocenters. The first kappa shape index (κ1) is 19.9. The van der Waals surface area contributed by atoms with Crippen LogP contribution in [0.25, 0.3) is 38.8 Å². The number of nitrogens with zero attached hydrogens (tertiary/aromatic N) is 7. The highest BCUT2D eigenvalue weighted by Gasteiger charge is 2.19. The Morgan fingerprint density at radius 2 is 1.81 bits per heavy atom. The molecular formula is C23H22FN7O. The minimum atomic E-state index is -0.521. The molecule has 0 amide bonds. The minimum Gasteiger partial charge on any atom is -0.374 e. The summed E-state index contributed by atoms with van der Waals surface area (Å²) < 4.78 is 19.1. The maximum absolute atomic E-state index is 14.1. The van der Waals surface area contributed by atoms with Gasteiger partial charge in [-0.25, -0.2) is 9.78 Å². The van der Waals surface area contributed by atoms with Crippen LogP contribution in [0.1, 0.15) is 5.69 Å². The SMILES string of the molecule is Cc1nn(C)cc1-n1c(=O)n(C)c2cnc3ccc(-c4cnc(F)c(N(C)C)c4)cc3c21. The largest absolute Gasteiger partial charge is 0.374 e. The van der Waals surface area contributed by atoms with Crippen molar-refractivity contribution in [3.63, 3.8) is 0 Å². The van der Waals surface area contributed by atoms with E-state index in [-0.39, 0.29) is 5.69 Å². The molecule has 1 aromatic carbocycles. The van der Waals surface area contributed by atoms with Crippen molar-refractivity contribution < 1.29 is 4.39 Å². The molecule has 4 heterocycles. The smallest absolute Gasteiger partial charge is 0.333 e. The molecule has 5 rings (SSSR count). The van der Waals surface area contributed by atoms with Crippen LogP contribution in [0.5, 0.6) is 0 Å². The van der Waals surface area contributed by atoms with Crippen LogP contribution < -0.4 is 10.6 Å². The van der Waals surface area contributed by atoms with Gasteiger partial charge in [-0.1, -0.05) is 6.07 Å². The van der Waals surface area contributed by atoms with E-state index in [9.17, 15) is 9.18 Å². The molecule has 0 bridgehead atoms. The fourth-order valence-electron chi connectivity index (χ4n) is 4.11. The average Bonchev–Trinajstić information content (AvgIpc) is 3.22. The highest BCUT2D eigenvalue weighted by atomic mass is 19.1. The fourth-order valence-corrected chi connectivity index (χ4v) is 4.11. The first-order valence-corrected chi connectivity index (χ1v) is 10.1. The van der Waals surface area contributed by atoms with Gasteiger partial charge >= 0.3 is 5.69 Å². The molecule has 32 heavy (non-hydrogen) atoms. The van der Waals surface area contributed by atoms with E-state index in [2.05, 4.69) is 15.1 Å². The number of pyridine rings is 2. The molecule has 0 unspecified atom stereocenters. The fraction of sp³-hybridized carbons (Fsp3) is 0.217. The van der Waals surface area contributed by atoms with Crippen molar-refractivity contribution in [2.45, 2.75) is 6.92 Å². The minimum absolute atomic E-state index is 0.172. The van der Waals surface area contributed by atoms with Crippen LogP contribution >= 0.6 is 0 Å². The van der Waals surface area contributed by atoms with E-state index >= 15 is 0 Å². The zero-order valence-electron chi connectivity index (χ0n) is 18.5. The lowest BCUT2D eigenvalue weighted by Gasteiger charge is -2.14. The maximum Gasteiger partial charge on any atom is 0.333 e. The van der Waals surface area contributed by atoms with Gasteiger partial charge in [0.25, 0.3) is 0 Å². The molecule has 8 nitrogen and oxygen atoms in total. The molecule has 4 aromatic heterocycles. The van der Waals surface area contributed by atoms with Crippen molar-refractivity contribution in [3.05, 3.63) is 65.0 Å². The summed E-state index contributed by atoms with van der Waals surface area (Å²) in [5, 5.41) is 5.22. The van der Waals surface area contributed by atoms with Crippen LogP contribution in [0.2, 0.25) is 0 Å². The number of aryl methyl sites for hydroxylation is 3. The molecule has 0 aliphatic heterocycles. The van der Waals surface area contributed by atoms with Crippen LogP contribution in [-0.4, -0.2) is 43.0 Å². The molecule has 0 saturated carbocycles. The third-order valence-corrected chi connectivity index (χ3v) is 5.75. The Bertz CT molecular complexity index is 1580. The second kappa shape index (κ2) is 7.01. The zero-order chi connectivity index (χ0) is 22.7. The number of fused-ring (bicyclic) bond motifs is 3. The van der Waals surface area contributed by atoms with E-state index in [0.717, 1.165) is 38.9 Å². The molecule has 0 fully saturated rings. The van der Waals surface area contributed by atoms with Gasteiger partial charge in [0.15, 0.2) is 0 Å². The standard InChI is InChI=1S/C23H22FN7O/c1-13-20(12-29(4)27-13)31-21-16-8-14(15-9-18(28(2)3)22(24)26-10-15)6-7-17(16)25-11-19(21)30(5)23(31)32/h6-12H,1-5H3. The van der Waals surface area contributed by atoms with E-state index in [1.54, 1.807) is 52.1 Å². The normalized spacial score (nSPS) is 11.6. The monoisotopic (exact) mass is 431 g/mol. The first-order valence-electron chi connectivity index (χ1n) is 10.1. The number of benzene rings is 1. The maximum atomic E-state index is 14.1. The van der Waals surface area contributed by atoms with E-state index in [1.807, 2.05) is 38.4 Å². The van der Waals surface area contributed by atoms with Crippen molar-refractivity contribution in [2.24, 2.45) is 14.1 Å². The van der Waals surface area contributed by atoms with Crippen LogP contribution in [0, 0.1) is 12.9 Å². The summed E-state index contributed by atoms with van der Waals surface area (Å²) in [5.41, 5.74) is 5.56. The lowest BCUT2D eigenvalue weighted by Crippen LogP contribution is -2.21. The molecule has 9 heteroatoms. The number of hydrogen-bond acceptors (Lipinski definition) is 5. The number of rotatable bonds is 3. The van der Waals surface area contributed by atoms with Crippen molar-refractivity contribution in [2.75, 3.05) is 19.0 Å². The van der Waals surface area contributed by atoms with Gasteiger partial charge in [-0.2, -0.15) is 9.49 Å². The lowest BCUT2D eigenvalue weighted by atomic mass is 10.0. The van der Waals surface area contributed by atoms with E-state index in [4.69, 9.17) is 0 Å². The number of aromatic nitrogens is 6. The summed E-state index contributed by atoms with van der Waals surface area (Å²) in [5.74, 6) is -0.521. The Labute approximate surface area is 183 Å². The predicted octanol–water partition coefficient (Wildman–Crippen LogP) is 3.19. The summed E-state index contributed by atoms with van der Waals surface area (Å²) in [6.45, 7) is 1.88. The van der Waals surface area contributed by atoms with Gasteiger partial charge < -0.3 is 4.90 Å². The summed E-state index contributed by atoms with van der Waals surface area (Å²) in [7, 11) is 7.11. The Hall–Kier alpha value is -4.01. The van der Waals surface area contributed by atoms with Gasteiger partial charge in [0.2, 0.25) is 5.95 Å². The Balaban J connectivity index is 1.84. The van der Waals surface area contributed by atoms with Gasteiger partial charge in [-0.15, -0.1) is 0 Å². The number of anilines is 1. The molecule has 0 radical (unpaired) electrons. The third-order valence-electron chi connectivity index (χ3n) is 5.75. The van der Waals surface area contributed by atoms with Crippen LogP contribution in [0.15, 0.2) is 47.7 Å².